The highest BCUT2D eigenvalue weighted by Gasteiger charge is 2.32. The van der Waals surface area contributed by atoms with Crippen molar-refractivity contribution in [1.29, 1.82) is 0 Å². The van der Waals surface area contributed by atoms with Crippen LogP contribution in [0.1, 0.15) is 32.3 Å². The molecule has 0 amide bonds. The zero-order valence-corrected chi connectivity index (χ0v) is 17.8. The van der Waals surface area contributed by atoms with Crippen molar-refractivity contribution >= 4 is 15.7 Å². The molecular weight excluding hydrogens is 372 g/mol. The van der Waals surface area contributed by atoms with Crippen LogP contribution in [0.15, 0.2) is 53.4 Å². The van der Waals surface area contributed by atoms with Gasteiger partial charge in [-0.05, 0) is 62.2 Å². The van der Waals surface area contributed by atoms with Crippen molar-refractivity contribution in [2.24, 2.45) is 0 Å². The van der Waals surface area contributed by atoms with Crippen LogP contribution in [0.4, 0.5) is 5.69 Å². The summed E-state index contributed by atoms with van der Waals surface area (Å²) >= 11 is 0. The van der Waals surface area contributed by atoms with Gasteiger partial charge in [-0.25, -0.2) is 8.42 Å². The zero-order chi connectivity index (χ0) is 20.1. The van der Waals surface area contributed by atoms with Gasteiger partial charge in [-0.2, -0.15) is 4.31 Å². The molecule has 152 valence electrons. The Morgan fingerprint density at radius 1 is 1.11 bits per heavy atom. The lowest BCUT2D eigenvalue weighted by Crippen LogP contribution is -2.53. The first-order valence-electron chi connectivity index (χ1n) is 9.98. The maximum absolute atomic E-state index is 13.1. The van der Waals surface area contributed by atoms with Crippen LogP contribution < -0.4 is 9.64 Å². The largest absolute Gasteiger partial charge is 0.494 e. The molecule has 0 bridgehead atoms. The Morgan fingerprint density at radius 3 is 2.50 bits per heavy atom. The summed E-state index contributed by atoms with van der Waals surface area (Å²) in [6.45, 7) is 8.56. The first-order valence-corrected chi connectivity index (χ1v) is 11.4. The molecule has 0 spiro atoms. The van der Waals surface area contributed by atoms with Gasteiger partial charge in [0.05, 0.1) is 11.5 Å². The summed E-state index contributed by atoms with van der Waals surface area (Å²) in [4.78, 5) is 2.61. The maximum atomic E-state index is 13.1. The molecule has 0 saturated carbocycles. The van der Waals surface area contributed by atoms with Gasteiger partial charge in [0.2, 0.25) is 10.0 Å². The van der Waals surface area contributed by atoms with Gasteiger partial charge in [-0.1, -0.05) is 25.5 Å². The molecule has 0 aliphatic carbocycles. The summed E-state index contributed by atoms with van der Waals surface area (Å²) in [6, 6.07) is 15.3. The molecule has 5 nitrogen and oxygen atoms in total. The third kappa shape index (κ3) is 4.67. The van der Waals surface area contributed by atoms with Gasteiger partial charge in [-0.3, -0.25) is 0 Å². The molecule has 0 radical (unpaired) electrons. The van der Waals surface area contributed by atoms with Gasteiger partial charge >= 0.3 is 0 Å². The number of aryl methyl sites for hydroxylation is 1. The topological polar surface area (TPSA) is 49.9 Å². The van der Waals surface area contributed by atoms with E-state index in [0.29, 0.717) is 36.9 Å². The van der Waals surface area contributed by atoms with Crippen LogP contribution >= 0.6 is 0 Å². The van der Waals surface area contributed by atoms with Crippen LogP contribution in [0.3, 0.4) is 0 Å². The number of unbranched alkanes of at least 4 members (excludes halogenated alkanes) is 1. The minimum atomic E-state index is -3.50. The summed E-state index contributed by atoms with van der Waals surface area (Å²) < 4.78 is 33.4. The van der Waals surface area contributed by atoms with E-state index < -0.39 is 10.0 Å². The summed E-state index contributed by atoms with van der Waals surface area (Å²) in [5.41, 5.74) is 2.36. The molecule has 1 saturated heterocycles. The second-order valence-corrected chi connectivity index (χ2v) is 9.36. The van der Waals surface area contributed by atoms with Crippen LogP contribution in [-0.2, 0) is 10.0 Å². The highest BCUT2D eigenvalue weighted by molar-refractivity contribution is 7.89. The van der Waals surface area contributed by atoms with E-state index in [1.54, 1.807) is 28.6 Å². The Balaban J connectivity index is 1.68. The molecule has 1 unspecified atom stereocenters. The van der Waals surface area contributed by atoms with Gasteiger partial charge in [0.15, 0.2) is 0 Å². The SMILES string of the molecule is CCCCOc1ccc(S(=O)(=O)N2CCN(c3cccc(C)c3)C(C)C2)cc1. The highest BCUT2D eigenvalue weighted by Crippen LogP contribution is 2.26. The second kappa shape index (κ2) is 8.97. The van der Waals surface area contributed by atoms with Gasteiger partial charge in [0, 0.05) is 31.4 Å². The molecule has 1 heterocycles. The van der Waals surface area contributed by atoms with Crippen molar-refractivity contribution in [1.82, 2.24) is 4.31 Å². The van der Waals surface area contributed by atoms with Gasteiger partial charge in [0.25, 0.3) is 0 Å². The molecule has 1 atom stereocenters. The molecule has 1 aliphatic heterocycles. The van der Waals surface area contributed by atoms with E-state index in [1.165, 1.54) is 5.56 Å². The van der Waals surface area contributed by atoms with Crippen molar-refractivity contribution < 1.29 is 13.2 Å². The van der Waals surface area contributed by atoms with Crippen molar-refractivity contribution in [2.45, 2.75) is 44.6 Å². The first-order chi connectivity index (χ1) is 13.4. The molecule has 0 aromatic heterocycles. The van der Waals surface area contributed by atoms with Crippen LogP contribution in [-0.4, -0.2) is 45.0 Å². The van der Waals surface area contributed by atoms with E-state index in [4.69, 9.17) is 4.74 Å². The molecule has 28 heavy (non-hydrogen) atoms. The second-order valence-electron chi connectivity index (χ2n) is 7.42. The van der Waals surface area contributed by atoms with Gasteiger partial charge in [-0.15, -0.1) is 0 Å². The van der Waals surface area contributed by atoms with Crippen LogP contribution in [0, 0.1) is 6.92 Å². The summed E-state index contributed by atoms with van der Waals surface area (Å²) in [5.74, 6) is 0.713. The van der Waals surface area contributed by atoms with E-state index in [9.17, 15) is 8.42 Å². The Bertz CT molecular complexity index is 881. The number of nitrogens with zero attached hydrogens (tertiary/aromatic N) is 2. The van der Waals surface area contributed by atoms with E-state index in [-0.39, 0.29) is 6.04 Å². The molecule has 1 fully saturated rings. The number of hydrogen-bond donors (Lipinski definition) is 0. The van der Waals surface area contributed by atoms with Crippen molar-refractivity contribution in [3.63, 3.8) is 0 Å². The third-order valence-corrected chi connectivity index (χ3v) is 7.03. The number of rotatable bonds is 7. The molecule has 3 rings (SSSR count). The molecule has 6 heteroatoms. The lowest BCUT2D eigenvalue weighted by atomic mass is 10.1. The Hall–Kier alpha value is -2.05. The maximum Gasteiger partial charge on any atom is 0.243 e. The van der Waals surface area contributed by atoms with E-state index in [2.05, 4.69) is 43.9 Å². The zero-order valence-electron chi connectivity index (χ0n) is 17.0. The quantitative estimate of drug-likeness (QED) is 0.655. The fraction of sp³-hybridized carbons (Fsp3) is 0.455. The highest BCUT2D eigenvalue weighted by atomic mass is 32.2. The Morgan fingerprint density at radius 2 is 1.86 bits per heavy atom. The van der Waals surface area contributed by atoms with Crippen LogP contribution in [0.25, 0.3) is 0 Å². The number of anilines is 1. The average Bonchev–Trinajstić information content (AvgIpc) is 2.68. The monoisotopic (exact) mass is 402 g/mol. The predicted octanol–water partition coefficient (Wildman–Crippen LogP) is 4.07. The van der Waals surface area contributed by atoms with Crippen molar-refractivity contribution in [3.05, 3.63) is 54.1 Å². The lowest BCUT2D eigenvalue weighted by Gasteiger charge is -2.40. The smallest absolute Gasteiger partial charge is 0.243 e. The van der Waals surface area contributed by atoms with E-state index in [0.717, 1.165) is 18.5 Å². The molecule has 0 N–H and O–H groups in total. The summed E-state index contributed by atoms with van der Waals surface area (Å²) in [7, 11) is -3.50. The number of hydrogen-bond acceptors (Lipinski definition) is 4. The standard InChI is InChI=1S/C22H30N2O3S/c1-4-5-15-27-21-9-11-22(12-10-21)28(25,26)23-13-14-24(19(3)17-23)20-8-6-7-18(2)16-20/h6-12,16,19H,4-5,13-15,17H2,1-3H3. The molecular formula is C22H30N2O3S. The fourth-order valence-electron chi connectivity index (χ4n) is 3.52. The molecule has 2 aromatic rings. The number of benzene rings is 2. The Kier molecular flexibility index (Phi) is 6.62. The first kappa shape index (κ1) is 20.7. The van der Waals surface area contributed by atoms with Crippen molar-refractivity contribution in [2.75, 3.05) is 31.1 Å². The normalized spacial score (nSPS) is 18.2. The van der Waals surface area contributed by atoms with Crippen LogP contribution in [0.5, 0.6) is 5.75 Å². The summed E-state index contributed by atoms with van der Waals surface area (Å²) in [5, 5.41) is 0. The van der Waals surface area contributed by atoms with Gasteiger partial charge < -0.3 is 9.64 Å². The number of piperazine rings is 1. The minimum absolute atomic E-state index is 0.113. The lowest BCUT2D eigenvalue weighted by molar-refractivity contribution is 0.309. The Labute approximate surface area is 169 Å². The van der Waals surface area contributed by atoms with E-state index in [1.807, 2.05) is 6.07 Å². The van der Waals surface area contributed by atoms with E-state index >= 15 is 0 Å². The minimum Gasteiger partial charge on any atom is -0.494 e. The van der Waals surface area contributed by atoms with Crippen LogP contribution in [0.2, 0.25) is 0 Å². The number of sulfonamides is 1. The fourth-order valence-corrected chi connectivity index (χ4v) is 5.04. The average molecular weight is 403 g/mol. The summed E-state index contributed by atoms with van der Waals surface area (Å²) in [6.07, 6.45) is 2.06. The van der Waals surface area contributed by atoms with Crippen molar-refractivity contribution in [3.8, 4) is 5.75 Å². The van der Waals surface area contributed by atoms with Gasteiger partial charge in [0.1, 0.15) is 5.75 Å². The molecule has 1 aliphatic rings. The molecule has 2 aromatic carbocycles. The predicted molar refractivity (Wildman–Crippen MR) is 114 cm³/mol. The third-order valence-electron chi connectivity index (χ3n) is 5.15. The number of ether oxygens (including phenoxy) is 1.